The van der Waals surface area contributed by atoms with Gasteiger partial charge in [-0.2, -0.15) is 0 Å². The van der Waals surface area contributed by atoms with E-state index in [1.807, 2.05) is 0 Å². The molecule has 0 fully saturated rings. The Morgan fingerprint density at radius 1 is 1.25 bits per heavy atom. The number of rotatable bonds is 0. The van der Waals surface area contributed by atoms with Gasteiger partial charge in [-0.1, -0.05) is 0 Å². The van der Waals surface area contributed by atoms with Crippen molar-refractivity contribution in [2.45, 2.75) is 0 Å². The Bertz CT molecular complexity index is 8.00. The van der Waals surface area contributed by atoms with Crippen LogP contribution in [0, 0.1) is 0 Å². The van der Waals surface area contributed by atoms with Gasteiger partial charge in [0.25, 0.3) is 0 Å². The molecule has 0 nitrogen and oxygen atoms in total. The fraction of sp³-hybridized carbons (Fsp3) is 0. The second-order valence-electron chi connectivity index (χ2n) is 0. The molecule has 0 aliphatic heterocycles. The van der Waals surface area contributed by atoms with Crippen LogP contribution < -0.4 is 0 Å². The van der Waals surface area contributed by atoms with Crippen molar-refractivity contribution in [2.24, 2.45) is 0 Å². The van der Waals surface area contributed by atoms with E-state index < -0.39 is 0 Å². The molecular formula is H5CaCoSiV. The molecule has 0 atom stereocenters. The molecule has 0 aliphatic rings. The zero-order valence-electron chi connectivity index (χ0n) is 1.78. The van der Waals surface area contributed by atoms with E-state index in [9.17, 15) is 0 Å². The summed E-state index contributed by atoms with van der Waals surface area (Å²) in [6.07, 6.45) is 0. The average Bonchev–Trinajstić information content (AvgIpc) is 1.00. The molecule has 0 bridgehead atoms. The van der Waals surface area contributed by atoms with Crippen LogP contribution in [0.15, 0.2) is 0 Å². The molecular weight excluding hydrogens is 178 g/mol. The first-order valence-electron chi connectivity index (χ1n) is 0.333. The maximum absolute atomic E-state index is 3.70. The summed E-state index contributed by atoms with van der Waals surface area (Å²) in [5.41, 5.74) is 0. The van der Waals surface area contributed by atoms with Gasteiger partial charge in [-0.15, -0.1) is 0 Å². The third kappa shape index (κ3) is 8.82. The molecule has 0 heterocycles. The third-order valence-electron chi connectivity index (χ3n) is 0. The Labute approximate surface area is 78.8 Å². The summed E-state index contributed by atoms with van der Waals surface area (Å²) in [4.78, 5) is 0. The van der Waals surface area contributed by atoms with Crippen molar-refractivity contribution in [3.8, 4) is 0 Å². The predicted octanol–water partition coefficient (Wildman–Crippen LogP) is -2.11. The van der Waals surface area contributed by atoms with E-state index in [0.717, 1.165) is 8.89 Å². The minimum absolute atomic E-state index is 0. The van der Waals surface area contributed by atoms with Gasteiger partial charge in [0.05, 0.1) is 0 Å². The van der Waals surface area contributed by atoms with Crippen LogP contribution in [-0.2, 0) is 33.7 Å². The molecule has 0 N–H and O–H groups in total. The van der Waals surface area contributed by atoms with Crippen molar-refractivity contribution in [3.63, 3.8) is 0 Å². The summed E-state index contributed by atoms with van der Waals surface area (Å²) < 4.78 is 0. The Balaban J connectivity index is -0.00000000500. The standard InChI is InChI=1S/Ca.Co.H3Si.V.2H/h;;1H3;;;. The van der Waals surface area contributed by atoms with Crippen molar-refractivity contribution < 1.29 is 33.7 Å². The van der Waals surface area contributed by atoms with Gasteiger partial charge in [-0.3, -0.25) is 0 Å². The minimum Gasteiger partial charge on any atom is 0 e. The Morgan fingerprint density at radius 2 is 1.25 bits per heavy atom. The predicted molar refractivity (Wildman–Crippen MR) is 18.5 cm³/mol. The van der Waals surface area contributed by atoms with Crippen molar-refractivity contribution >= 4 is 46.6 Å². The average molecular weight is 183 g/mol. The normalized spacial score (nSPS) is 2.50. The molecule has 0 aromatic carbocycles. The van der Waals surface area contributed by atoms with E-state index in [-0.39, 0.29) is 56.3 Å². The maximum Gasteiger partial charge on any atom is 0 e. The first-order valence-corrected chi connectivity index (χ1v) is 4.12. The SMILES string of the molecule is [CaH2].[SiH3][Co].[V]. The van der Waals surface area contributed by atoms with Crippen LogP contribution in [0.2, 0.25) is 0 Å². The molecule has 0 aromatic heterocycles. The zero-order chi connectivity index (χ0) is 2.00. The number of hydrogen-bond acceptors (Lipinski definition) is 0. The first kappa shape index (κ1) is 16.0. The van der Waals surface area contributed by atoms with E-state index in [4.69, 9.17) is 0 Å². The second-order valence-corrected chi connectivity index (χ2v) is 0. The summed E-state index contributed by atoms with van der Waals surface area (Å²) in [5.74, 6) is 0. The summed E-state index contributed by atoms with van der Waals surface area (Å²) in [7, 11) is 0.993. The molecule has 0 amide bonds. The summed E-state index contributed by atoms with van der Waals surface area (Å²) in [5, 5.41) is 0. The molecule has 0 spiro atoms. The fourth-order valence-electron chi connectivity index (χ4n) is 0. The molecule has 0 unspecified atom stereocenters. The van der Waals surface area contributed by atoms with Gasteiger partial charge in [-0.05, 0) is 0 Å². The molecule has 0 saturated heterocycles. The van der Waals surface area contributed by atoms with Crippen LogP contribution in [0.1, 0.15) is 0 Å². The van der Waals surface area contributed by atoms with Gasteiger partial charge in [-0.25, -0.2) is 0 Å². The smallest absolute Gasteiger partial charge is 0 e. The van der Waals surface area contributed by atoms with Crippen LogP contribution in [0.5, 0.6) is 0 Å². The summed E-state index contributed by atoms with van der Waals surface area (Å²) >= 11 is 3.70. The van der Waals surface area contributed by atoms with Crippen LogP contribution >= 0.6 is 0 Å². The van der Waals surface area contributed by atoms with Crippen molar-refractivity contribution in [1.29, 1.82) is 0 Å². The summed E-state index contributed by atoms with van der Waals surface area (Å²) in [6.45, 7) is 0. The first-order chi connectivity index (χ1) is 1.00. The van der Waals surface area contributed by atoms with Gasteiger partial charge in [0.2, 0.25) is 0 Å². The summed E-state index contributed by atoms with van der Waals surface area (Å²) in [6, 6.07) is 0. The molecule has 0 aliphatic carbocycles. The van der Waals surface area contributed by atoms with Crippen molar-refractivity contribution in [1.82, 2.24) is 0 Å². The van der Waals surface area contributed by atoms with Crippen molar-refractivity contribution in [3.05, 3.63) is 0 Å². The second kappa shape index (κ2) is 17.6. The third-order valence-corrected chi connectivity index (χ3v) is 0. The van der Waals surface area contributed by atoms with Gasteiger partial charge in [0, 0.05) is 18.6 Å². The number of hydrogen-bond donors (Lipinski definition) is 0. The van der Waals surface area contributed by atoms with Crippen LogP contribution in [0.3, 0.4) is 0 Å². The van der Waals surface area contributed by atoms with Crippen molar-refractivity contribution in [2.75, 3.05) is 0 Å². The van der Waals surface area contributed by atoms with Crippen LogP contribution in [0.25, 0.3) is 0 Å². The van der Waals surface area contributed by atoms with Gasteiger partial charge >= 0.3 is 61.7 Å². The van der Waals surface area contributed by atoms with Gasteiger partial charge in [0.1, 0.15) is 0 Å². The molecule has 4 heavy (non-hydrogen) atoms. The molecule has 25 valence electrons. The quantitative estimate of drug-likeness (QED) is 0.377. The molecule has 4 heteroatoms. The molecule has 0 saturated carbocycles. The van der Waals surface area contributed by atoms with E-state index in [1.54, 1.807) is 0 Å². The van der Waals surface area contributed by atoms with E-state index in [1.165, 1.54) is 0 Å². The Hall–Kier alpha value is 2.57. The van der Waals surface area contributed by atoms with E-state index >= 15 is 0 Å². The topological polar surface area (TPSA) is 0 Å². The molecule has 1 radical (unpaired) electrons. The fourth-order valence-corrected chi connectivity index (χ4v) is 0. The van der Waals surface area contributed by atoms with Crippen LogP contribution in [0.4, 0.5) is 0 Å². The van der Waals surface area contributed by atoms with Gasteiger partial charge in [0.15, 0.2) is 0 Å². The Kier molecular flexibility index (Phi) is 70.5. The Morgan fingerprint density at radius 3 is 1.25 bits per heavy atom. The molecule has 0 rings (SSSR count). The van der Waals surface area contributed by atoms with Gasteiger partial charge < -0.3 is 0 Å². The zero-order valence-corrected chi connectivity index (χ0v) is 6.22. The maximum atomic E-state index is 3.70. The van der Waals surface area contributed by atoms with E-state index in [0.29, 0.717) is 0 Å². The van der Waals surface area contributed by atoms with E-state index in [2.05, 4.69) is 15.1 Å². The molecule has 0 aromatic rings. The largest absolute Gasteiger partial charge is 0 e. The minimum atomic E-state index is 0. The monoisotopic (exact) mass is 183 g/mol. The van der Waals surface area contributed by atoms with Crippen LogP contribution in [-0.4, -0.2) is 46.6 Å².